The van der Waals surface area contributed by atoms with E-state index in [0.29, 0.717) is 28.1 Å². The zero-order valence-electron chi connectivity index (χ0n) is 14.8. The molecule has 2 N–H and O–H groups in total. The number of rotatable bonds is 6. The molecule has 0 saturated carbocycles. The van der Waals surface area contributed by atoms with Crippen LogP contribution in [0.3, 0.4) is 0 Å². The number of nitrogens with one attached hydrogen (secondary N) is 2. The van der Waals surface area contributed by atoms with E-state index in [-0.39, 0.29) is 5.97 Å². The Morgan fingerprint density at radius 3 is 2.63 bits per heavy atom. The zero-order chi connectivity index (χ0) is 19.1. The Morgan fingerprint density at radius 2 is 1.93 bits per heavy atom. The van der Waals surface area contributed by atoms with Gasteiger partial charge in [0.1, 0.15) is 10.8 Å². The number of hydrogen-bond donors (Lipinski definition) is 2. The van der Waals surface area contributed by atoms with Gasteiger partial charge < -0.3 is 15.4 Å². The van der Waals surface area contributed by atoms with Crippen LogP contribution in [0.25, 0.3) is 0 Å². The van der Waals surface area contributed by atoms with Crippen LogP contribution in [0.5, 0.6) is 0 Å². The van der Waals surface area contributed by atoms with Gasteiger partial charge in [0.05, 0.1) is 12.2 Å². The van der Waals surface area contributed by atoms with Gasteiger partial charge in [-0.25, -0.2) is 9.78 Å². The Balaban J connectivity index is 1.79. The van der Waals surface area contributed by atoms with E-state index in [1.807, 2.05) is 42.5 Å². The highest BCUT2D eigenvalue weighted by Crippen LogP contribution is 2.30. The molecule has 0 radical (unpaired) electrons. The fourth-order valence-electron chi connectivity index (χ4n) is 2.47. The molecule has 0 bridgehead atoms. The Bertz CT molecular complexity index is 911. The van der Waals surface area contributed by atoms with Gasteiger partial charge in [0.15, 0.2) is 5.11 Å². The van der Waals surface area contributed by atoms with E-state index < -0.39 is 0 Å². The summed E-state index contributed by atoms with van der Waals surface area (Å²) >= 11 is 6.85. The molecule has 7 heteroatoms. The summed E-state index contributed by atoms with van der Waals surface area (Å²) < 4.78 is 5.18. The van der Waals surface area contributed by atoms with Gasteiger partial charge in [-0.2, -0.15) is 0 Å². The number of nitrogens with zero attached hydrogens (tertiary/aromatic N) is 1. The van der Waals surface area contributed by atoms with Crippen molar-refractivity contribution in [2.45, 2.75) is 13.3 Å². The number of benzene rings is 1. The van der Waals surface area contributed by atoms with Crippen LogP contribution in [-0.2, 0) is 11.2 Å². The third kappa shape index (κ3) is 5.35. The van der Waals surface area contributed by atoms with Gasteiger partial charge in [-0.1, -0.05) is 36.4 Å². The van der Waals surface area contributed by atoms with E-state index in [4.69, 9.17) is 17.0 Å². The first-order valence-corrected chi connectivity index (χ1v) is 9.71. The molecule has 3 aromatic rings. The lowest BCUT2D eigenvalue weighted by molar-refractivity contribution is 0.0528. The first kappa shape index (κ1) is 19.0. The van der Waals surface area contributed by atoms with Crippen LogP contribution in [0.1, 0.15) is 27.7 Å². The molecule has 0 aliphatic rings. The van der Waals surface area contributed by atoms with Crippen LogP contribution in [0.15, 0.2) is 60.8 Å². The highest BCUT2D eigenvalue weighted by Gasteiger charge is 2.18. The minimum atomic E-state index is -0.365. The van der Waals surface area contributed by atoms with Crippen molar-refractivity contribution in [2.24, 2.45) is 0 Å². The Labute approximate surface area is 167 Å². The average molecular weight is 398 g/mol. The number of thiophene rings is 1. The average Bonchev–Trinajstić information content (AvgIpc) is 3.05. The number of thiocarbonyl (C=S) groups is 1. The number of esters is 1. The molecule has 138 valence electrons. The summed E-state index contributed by atoms with van der Waals surface area (Å²) in [4.78, 5) is 17.6. The van der Waals surface area contributed by atoms with Crippen LogP contribution < -0.4 is 10.6 Å². The second kappa shape index (κ2) is 9.25. The highest BCUT2D eigenvalue weighted by molar-refractivity contribution is 7.80. The molecule has 0 aliphatic heterocycles. The Hall–Kier alpha value is -2.77. The fraction of sp³-hybridized carbons (Fsp3) is 0.150. The summed E-state index contributed by atoms with van der Waals surface area (Å²) in [6.07, 6.45) is 2.41. The molecule has 1 aromatic carbocycles. The van der Waals surface area contributed by atoms with Crippen LogP contribution in [0.4, 0.5) is 10.8 Å². The Morgan fingerprint density at radius 1 is 1.15 bits per heavy atom. The van der Waals surface area contributed by atoms with Gasteiger partial charge in [0, 0.05) is 17.5 Å². The molecule has 0 fully saturated rings. The quantitative estimate of drug-likeness (QED) is 0.464. The summed E-state index contributed by atoms with van der Waals surface area (Å²) in [5.74, 6) is 0.268. The third-order valence-electron chi connectivity index (χ3n) is 3.63. The van der Waals surface area contributed by atoms with Gasteiger partial charge in [-0.3, -0.25) is 0 Å². The van der Waals surface area contributed by atoms with Crippen molar-refractivity contribution in [1.29, 1.82) is 0 Å². The second-order valence-electron chi connectivity index (χ2n) is 5.63. The molecular formula is C20H19N3O2S2. The highest BCUT2D eigenvalue weighted by atomic mass is 32.1. The minimum Gasteiger partial charge on any atom is -0.462 e. The first-order valence-electron chi connectivity index (χ1n) is 8.48. The number of carbonyl (C=O) groups is 1. The van der Waals surface area contributed by atoms with Crippen molar-refractivity contribution in [3.63, 3.8) is 0 Å². The van der Waals surface area contributed by atoms with Crippen LogP contribution >= 0.6 is 23.6 Å². The predicted molar refractivity (Wildman–Crippen MR) is 114 cm³/mol. The van der Waals surface area contributed by atoms with Crippen molar-refractivity contribution in [2.75, 3.05) is 17.2 Å². The number of carbonyl (C=O) groups excluding carboxylic acids is 1. The molecule has 2 heterocycles. The molecule has 2 aromatic heterocycles. The van der Waals surface area contributed by atoms with Gasteiger partial charge >= 0.3 is 5.97 Å². The number of aromatic nitrogens is 1. The zero-order valence-corrected chi connectivity index (χ0v) is 16.4. The largest absolute Gasteiger partial charge is 0.462 e. The normalized spacial score (nSPS) is 10.3. The molecule has 0 aliphatic carbocycles. The Kier molecular flexibility index (Phi) is 6.51. The molecule has 3 rings (SSSR count). The monoisotopic (exact) mass is 397 g/mol. The molecule has 0 atom stereocenters. The molecule has 0 amide bonds. The van der Waals surface area contributed by atoms with E-state index >= 15 is 0 Å². The first-order chi connectivity index (χ1) is 13.2. The van der Waals surface area contributed by atoms with Crippen LogP contribution in [0.2, 0.25) is 0 Å². The van der Waals surface area contributed by atoms with Gasteiger partial charge in [-0.15, -0.1) is 11.3 Å². The van der Waals surface area contributed by atoms with Crippen molar-refractivity contribution < 1.29 is 9.53 Å². The SMILES string of the molecule is CCOC(=O)c1cc(Cc2ccccc2)sc1NC(=S)Nc1ccccn1. The molecule has 0 saturated heterocycles. The van der Waals surface area contributed by atoms with E-state index in [1.54, 1.807) is 13.1 Å². The molecule has 27 heavy (non-hydrogen) atoms. The topological polar surface area (TPSA) is 63.2 Å². The summed E-state index contributed by atoms with van der Waals surface area (Å²) in [6, 6.07) is 17.5. The summed E-state index contributed by atoms with van der Waals surface area (Å²) in [6.45, 7) is 2.11. The predicted octanol–water partition coefficient (Wildman–Crippen LogP) is 4.72. The van der Waals surface area contributed by atoms with Gasteiger partial charge in [0.2, 0.25) is 0 Å². The van der Waals surface area contributed by atoms with Gasteiger partial charge in [-0.05, 0) is 42.9 Å². The van der Waals surface area contributed by atoms with Crippen molar-refractivity contribution in [3.8, 4) is 0 Å². The summed E-state index contributed by atoms with van der Waals surface area (Å²) in [7, 11) is 0. The summed E-state index contributed by atoms with van der Waals surface area (Å²) in [5, 5.41) is 7.14. The second-order valence-corrected chi connectivity index (χ2v) is 7.18. The number of pyridine rings is 1. The molecule has 0 spiro atoms. The minimum absolute atomic E-state index is 0.318. The third-order valence-corrected chi connectivity index (χ3v) is 4.89. The van der Waals surface area contributed by atoms with Crippen molar-refractivity contribution in [3.05, 3.63) is 76.8 Å². The van der Waals surface area contributed by atoms with E-state index in [2.05, 4.69) is 27.8 Å². The fourth-order valence-corrected chi connectivity index (χ4v) is 3.82. The van der Waals surface area contributed by atoms with E-state index in [0.717, 1.165) is 11.3 Å². The number of anilines is 2. The number of hydrogen-bond acceptors (Lipinski definition) is 5. The smallest absolute Gasteiger partial charge is 0.341 e. The van der Waals surface area contributed by atoms with E-state index in [1.165, 1.54) is 16.9 Å². The molecule has 0 unspecified atom stereocenters. The maximum atomic E-state index is 12.3. The van der Waals surface area contributed by atoms with Crippen LogP contribution in [0, 0.1) is 0 Å². The van der Waals surface area contributed by atoms with Crippen LogP contribution in [-0.4, -0.2) is 22.7 Å². The van der Waals surface area contributed by atoms with Gasteiger partial charge in [0.25, 0.3) is 0 Å². The standard InChI is InChI=1S/C20H19N3O2S2/c1-2-25-19(24)16-13-15(12-14-8-4-3-5-9-14)27-18(16)23-20(26)22-17-10-6-7-11-21-17/h3-11,13H,2,12H2,1H3,(H2,21,22,23,26). The number of ether oxygens (including phenoxy) is 1. The lowest BCUT2D eigenvalue weighted by Gasteiger charge is -2.09. The maximum Gasteiger partial charge on any atom is 0.341 e. The van der Waals surface area contributed by atoms with E-state index in [9.17, 15) is 4.79 Å². The van der Waals surface area contributed by atoms with Crippen molar-refractivity contribution >= 4 is 45.5 Å². The lowest BCUT2D eigenvalue weighted by atomic mass is 10.1. The maximum absolute atomic E-state index is 12.3. The molecular weight excluding hydrogens is 378 g/mol. The molecule has 5 nitrogen and oxygen atoms in total. The van der Waals surface area contributed by atoms with Crippen molar-refractivity contribution in [1.82, 2.24) is 4.98 Å². The lowest BCUT2D eigenvalue weighted by Crippen LogP contribution is -2.20. The summed E-state index contributed by atoms with van der Waals surface area (Å²) in [5.41, 5.74) is 1.66.